The molecule has 0 spiro atoms. The number of fused-ring (bicyclic) bond motifs is 1. The van der Waals surface area contributed by atoms with Gasteiger partial charge in [-0.3, -0.25) is 4.79 Å². The van der Waals surface area contributed by atoms with Crippen molar-refractivity contribution >= 4 is 16.9 Å². The van der Waals surface area contributed by atoms with Crippen LogP contribution in [0.5, 0.6) is 0 Å². The summed E-state index contributed by atoms with van der Waals surface area (Å²) in [5.41, 5.74) is 4.20. The number of aromatic nitrogens is 1. The molecule has 0 amide bonds. The third-order valence-corrected chi connectivity index (χ3v) is 3.48. The van der Waals surface area contributed by atoms with Gasteiger partial charge >= 0.3 is 5.97 Å². The Labute approximate surface area is 112 Å². The number of rotatable bonds is 4. The van der Waals surface area contributed by atoms with Crippen LogP contribution < -0.4 is 0 Å². The molecule has 1 heterocycles. The SMILES string of the molecule is COC(=O)Cc1c(C)n(CCO)c2ccc(C)cc12. The molecular formula is C15H19NO3. The molecule has 0 saturated heterocycles. The Morgan fingerprint density at radius 1 is 1.37 bits per heavy atom. The lowest BCUT2D eigenvalue weighted by Crippen LogP contribution is -2.07. The van der Waals surface area contributed by atoms with Crippen LogP contribution in [0.1, 0.15) is 16.8 Å². The minimum atomic E-state index is -0.243. The highest BCUT2D eigenvalue weighted by Crippen LogP contribution is 2.27. The van der Waals surface area contributed by atoms with Crippen LogP contribution in [-0.4, -0.2) is 29.4 Å². The molecule has 1 aromatic carbocycles. The summed E-state index contributed by atoms with van der Waals surface area (Å²) < 4.78 is 6.81. The minimum absolute atomic E-state index is 0.0795. The van der Waals surface area contributed by atoms with Crippen molar-refractivity contribution in [1.82, 2.24) is 4.57 Å². The number of carbonyl (C=O) groups is 1. The zero-order valence-corrected chi connectivity index (χ0v) is 11.6. The Bertz CT molecular complexity index is 613. The molecule has 0 saturated carbocycles. The van der Waals surface area contributed by atoms with E-state index in [9.17, 15) is 9.90 Å². The van der Waals surface area contributed by atoms with Gasteiger partial charge in [0.15, 0.2) is 0 Å². The molecular weight excluding hydrogens is 242 g/mol. The van der Waals surface area contributed by atoms with Crippen LogP contribution in [0.3, 0.4) is 0 Å². The van der Waals surface area contributed by atoms with E-state index >= 15 is 0 Å². The molecule has 102 valence electrons. The van der Waals surface area contributed by atoms with Gasteiger partial charge < -0.3 is 14.4 Å². The van der Waals surface area contributed by atoms with Gasteiger partial charge in [0.2, 0.25) is 0 Å². The zero-order chi connectivity index (χ0) is 14.0. The first-order valence-corrected chi connectivity index (χ1v) is 6.34. The Morgan fingerprint density at radius 3 is 2.74 bits per heavy atom. The fraction of sp³-hybridized carbons (Fsp3) is 0.400. The Balaban J connectivity index is 2.63. The van der Waals surface area contributed by atoms with Crippen LogP contribution in [-0.2, 0) is 22.5 Å². The van der Waals surface area contributed by atoms with E-state index in [4.69, 9.17) is 4.74 Å². The molecule has 0 radical (unpaired) electrons. The molecule has 0 atom stereocenters. The Morgan fingerprint density at radius 2 is 2.11 bits per heavy atom. The van der Waals surface area contributed by atoms with E-state index in [1.54, 1.807) is 0 Å². The molecule has 0 fully saturated rings. The summed E-state index contributed by atoms with van der Waals surface area (Å²) in [4.78, 5) is 11.5. The van der Waals surface area contributed by atoms with E-state index in [2.05, 4.69) is 6.07 Å². The maximum atomic E-state index is 11.5. The van der Waals surface area contributed by atoms with E-state index in [1.165, 1.54) is 7.11 Å². The maximum Gasteiger partial charge on any atom is 0.310 e. The molecule has 0 unspecified atom stereocenters. The van der Waals surface area contributed by atoms with Gasteiger partial charge in [-0.25, -0.2) is 0 Å². The Kier molecular flexibility index (Phi) is 3.90. The summed E-state index contributed by atoms with van der Waals surface area (Å²) in [5.74, 6) is -0.243. The average molecular weight is 261 g/mol. The van der Waals surface area contributed by atoms with Crippen molar-refractivity contribution in [1.29, 1.82) is 0 Å². The first-order valence-electron chi connectivity index (χ1n) is 6.34. The van der Waals surface area contributed by atoms with Crippen LogP contribution in [0.2, 0.25) is 0 Å². The molecule has 4 heteroatoms. The molecule has 2 aromatic rings. The third-order valence-electron chi connectivity index (χ3n) is 3.48. The summed E-state index contributed by atoms with van der Waals surface area (Å²) in [6.07, 6.45) is 0.265. The highest BCUT2D eigenvalue weighted by Gasteiger charge is 2.16. The molecule has 1 aromatic heterocycles. The van der Waals surface area contributed by atoms with Crippen molar-refractivity contribution in [3.8, 4) is 0 Å². The number of nitrogens with zero attached hydrogens (tertiary/aromatic N) is 1. The zero-order valence-electron chi connectivity index (χ0n) is 11.6. The van der Waals surface area contributed by atoms with Gasteiger partial charge in [-0.2, -0.15) is 0 Å². The number of hydrogen-bond acceptors (Lipinski definition) is 3. The summed E-state index contributed by atoms with van der Waals surface area (Å²) in [6, 6.07) is 6.15. The van der Waals surface area contributed by atoms with E-state index in [-0.39, 0.29) is 19.0 Å². The molecule has 1 N–H and O–H groups in total. The largest absolute Gasteiger partial charge is 0.469 e. The van der Waals surface area contributed by atoms with Crippen LogP contribution >= 0.6 is 0 Å². The number of benzene rings is 1. The number of carbonyl (C=O) groups excluding carboxylic acids is 1. The first-order chi connectivity index (χ1) is 9.08. The van der Waals surface area contributed by atoms with Crippen LogP contribution in [0.4, 0.5) is 0 Å². The Hall–Kier alpha value is -1.81. The van der Waals surface area contributed by atoms with Gasteiger partial charge in [-0.15, -0.1) is 0 Å². The predicted molar refractivity (Wildman–Crippen MR) is 74.2 cm³/mol. The average Bonchev–Trinajstić information content (AvgIpc) is 2.64. The fourth-order valence-corrected chi connectivity index (χ4v) is 2.49. The number of hydrogen-bond donors (Lipinski definition) is 1. The van der Waals surface area contributed by atoms with Crippen LogP contribution in [0.25, 0.3) is 10.9 Å². The van der Waals surface area contributed by atoms with E-state index in [0.717, 1.165) is 27.7 Å². The number of aryl methyl sites for hydroxylation is 1. The van der Waals surface area contributed by atoms with E-state index in [1.807, 2.05) is 30.5 Å². The second kappa shape index (κ2) is 5.45. The monoisotopic (exact) mass is 261 g/mol. The molecule has 0 aliphatic heterocycles. The second-order valence-corrected chi connectivity index (χ2v) is 4.71. The van der Waals surface area contributed by atoms with Crippen molar-refractivity contribution in [2.24, 2.45) is 0 Å². The summed E-state index contributed by atoms with van der Waals surface area (Å²) in [6.45, 7) is 4.62. The van der Waals surface area contributed by atoms with Crippen LogP contribution in [0.15, 0.2) is 18.2 Å². The van der Waals surface area contributed by atoms with Crippen molar-refractivity contribution in [2.75, 3.05) is 13.7 Å². The highest BCUT2D eigenvalue weighted by atomic mass is 16.5. The smallest absolute Gasteiger partial charge is 0.310 e. The van der Waals surface area contributed by atoms with Crippen molar-refractivity contribution < 1.29 is 14.6 Å². The molecule has 0 bridgehead atoms. The summed E-state index contributed by atoms with van der Waals surface area (Å²) in [7, 11) is 1.40. The van der Waals surface area contributed by atoms with Gasteiger partial charge in [-0.05, 0) is 31.5 Å². The van der Waals surface area contributed by atoms with E-state index in [0.29, 0.717) is 6.54 Å². The topological polar surface area (TPSA) is 51.5 Å². The number of methoxy groups -OCH3 is 1. The lowest BCUT2D eigenvalue weighted by molar-refractivity contribution is -0.139. The summed E-state index contributed by atoms with van der Waals surface area (Å²) >= 11 is 0. The van der Waals surface area contributed by atoms with Gasteiger partial charge in [0.1, 0.15) is 0 Å². The second-order valence-electron chi connectivity index (χ2n) is 4.71. The number of ether oxygens (including phenoxy) is 1. The third kappa shape index (κ3) is 2.49. The number of esters is 1. The molecule has 4 nitrogen and oxygen atoms in total. The van der Waals surface area contributed by atoms with Gasteiger partial charge in [0.25, 0.3) is 0 Å². The van der Waals surface area contributed by atoms with Gasteiger partial charge in [0.05, 0.1) is 20.1 Å². The number of aliphatic hydroxyl groups is 1. The standard InChI is InChI=1S/C15H19NO3/c1-10-4-5-14-13(8-10)12(9-15(18)19-3)11(2)16(14)6-7-17/h4-5,8,17H,6-7,9H2,1-3H3. The number of aliphatic hydroxyl groups excluding tert-OH is 1. The van der Waals surface area contributed by atoms with E-state index < -0.39 is 0 Å². The maximum absolute atomic E-state index is 11.5. The molecule has 2 rings (SSSR count). The lowest BCUT2D eigenvalue weighted by atomic mass is 10.1. The molecule has 0 aliphatic rings. The van der Waals surface area contributed by atoms with Crippen LogP contribution in [0, 0.1) is 13.8 Å². The van der Waals surface area contributed by atoms with Crippen molar-refractivity contribution in [3.05, 3.63) is 35.0 Å². The lowest BCUT2D eigenvalue weighted by Gasteiger charge is -2.06. The summed E-state index contributed by atoms with van der Waals surface area (Å²) in [5, 5.41) is 10.2. The minimum Gasteiger partial charge on any atom is -0.469 e. The van der Waals surface area contributed by atoms with Gasteiger partial charge in [0, 0.05) is 23.1 Å². The first kappa shape index (κ1) is 13.6. The predicted octanol–water partition coefficient (Wildman–Crippen LogP) is 1.97. The van der Waals surface area contributed by atoms with Crippen molar-refractivity contribution in [3.63, 3.8) is 0 Å². The van der Waals surface area contributed by atoms with Crippen molar-refractivity contribution in [2.45, 2.75) is 26.8 Å². The highest BCUT2D eigenvalue weighted by molar-refractivity contribution is 5.89. The fourth-order valence-electron chi connectivity index (χ4n) is 2.49. The quantitative estimate of drug-likeness (QED) is 0.856. The normalized spacial score (nSPS) is 10.9. The molecule has 0 aliphatic carbocycles. The van der Waals surface area contributed by atoms with Gasteiger partial charge in [-0.1, -0.05) is 11.6 Å². The molecule has 19 heavy (non-hydrogen) atoms.